The predicted octanol–water partition coefficient (Wildman–Crippen LogP) is 1.42. The Bertz CT molecular complexity index is 418. The van der Waals surface area contributed by atoms with E-state index < -0.39 is 9.05 Å². The van der Waals surface area contributed by atoms with E-state index in [-0.39, 0.29) is 4.90 Å². The monoisotopic (exact) mass is 265 g/mol. The van der Waals surface area contributed by atoms with Gasteiger partial charge in [-0.1, -0.05) is 0 Å². The molecule has 0 spiro atoms. The van der Waals surface area contributed by atoms with Crippen molar-refractivity contribution in [2.75, 3.05) is 19.8 Å². The van der Waals surface area contributed by atoms with E-state index in [0.717, 1.165) is 6.20 Å². The summed E-state index contributed by atoms with van der Waals surface area (Å²) >= 11 is 0. The maximum Gasteiger partial charge on any atom is 0.262 e. The Labute approximate surface area is 98.8 Å². The predicted molar refractivity (Wildman–Crippen MR) is 59.3 cm³/mol. The number of ether oxygens (including phenoxy) is 2. The summed E-state index contributed by atoms with van der Waals surface area (Å²) in [5.41, 5.74) is 0. The SMILES string of the molecule is CCOCCOc1ccc(S(=O)(=O)Cl)cn1. The van der Waals surface area contributed by atoms with Gasteiger partial charge in [-0.2, -0.15) is 0 Å². The second kappa shape index (κ2) is 6.03. The summed E-state index contributed by atoms with van der Waals surface area (Å²) in [4.78, 5) is 3.75. The second-order valence-corrected chi connectivity index (χ2v) is 5.38. The summed E-state index contributed by atoms with van der Waals surface area (Å²) in [5, 5.41) is 0. The molecule has 0 amide bonds. The van der Waals surface area contributed by atoms with Crippen LogP contribution in [0.5, 0.6) is 5.88 Å². The number of halogens is 1. The van der Waals surface area contributed by atoms with Crippen LogP contribution in [0.3, 0.4) is 0 Å². The fraction of sp³-hybridized carbons (Fsp3) is 0.444. The van der Waals surface area contributed by atoms with Gasteiger partial charge in [0.15, 0.2) is 0 Å². The summed E-state index contributed by atoms with van der Waals surface area (Å²) in [6.45, 7) is 3.35. The standard InChI is InChI=1S/C9H12ClNO4S/c1-2-14-5-6-15-9-4-3-8(7-11-9)16(10,12)13/h3-4,7H,2,5-6H2,1H3. The zero-order valence-electron chi connectivity index (χ0n) is 8.72. The summed E-state index contributed by atoms with van der Waals surface area (Å²) in [5.74, 6) is 0.337. The third kappa shape index (κ3) is 4.34. The highest BCUT2D eigenvalue weighted by molar-refractivity contribution is 8.13. The second-order valence-electron chi connectivity index (χ2n) is 2.82. The first-order chi connectivity index (χ1) is 7.54. The van der Waals surface area contributed by atoms with Crippen LogP contribution >= 0.6 is 10.7 Å². The maximum atomic E-state index is 10.9. The van der Waals surface area contributed by atoms with Crippen molar-refractivity contribution in [2.45, 2.75) is 11.8 Å². The molecule has 0 fully saturated rings. The molecule has 0 N–H and O–H groups in total. The van der Waals surface area contributed by atoms with Crippen LogP contribution in [0.15, 0.2) is 23.2 Å². The van der Waals surface area contributed by atoms with Crippen molar-refractivity contribution in [3.8, 4) is 5.88 Å². The Hall–Kier alpha value is -0.850. The molecule has 0 aliphatic rings. The molecule has 16 heavy (non-hydrogen) atoms. The van der Waals surface area contributed by atoms with Gasteiger partial charge in [0.2, 0.25) is 5.88 Å². The lowest BCUT2D eigenvalue weighted by Gasteiger charge is -2.05. The molecule has 0 unspecified atom stereocenters. The lowest BCUT2D eigenvalue weighted by atomic mass is 10.5. The average Bonchev–Trinajstić information content (AvgIpc) is 2.24. The number of aromatic nitrogens is 1. The fourth-order valence-electron chi connectivity index (χ4n) is 0.946. The molecule has 0 saturated carbocycles. The molecule has 1 heterocycles. The minimum absolute atomic E-state index is 0.0497. The van der Waals surface area contributed by atoms with Gasteiger partial charge in [-0.25, -0.2) is 13.4 Å². The Balaban J connectivity index is 2.52. The van der Waals surface area contributed by atoms with Gasteiger partial charge in [-0.3, -0.25) is 0 Å². The minimum atomic E-state index is -3.72. The van der Waals surface area contributed by atoms with Gasteiger partial charge < -0.3 is 9.47 Å². The quantitative estimate of drug-likeness (QED) is 0.575. The highest BCUT2D eigenvalue weighted by atomic mass is 35.7. The molecule has 0 aliphatic carbocycles. The third-order valence-corrected chi connectivity index (χ3v) is 3.01. The zero-order chi connectivity index (χ0) is 12.0. The smallest absolute Gasteiger partial charge is 0.262 e. The highest BCUT2D eigenvalue weighted by Crippen LogP contribution is 2.15. The molecule has 5 nitrogen and oxygen atoms in total. The van der Waals surface area contributed by atoms with Crippen LogP contribution in [0.2, 0.25) is 0 Å². The Kier molecular flexibility index (Phi) is 4.98. The summed E-state index contributed by atoms with van der Waals surface area (Å²) in [6, 6.07) is 2.78. The molecular formula is C9H12ClNO4S. The van der Waals surface area contributed by atoms with E-state index in [1.54, 1.807) is 0 Å². The van der Waals surface area contributed by atoms with Crippen LogP contribution in [0.25, 0.3) is 0 Å². The van der Waals surface area contributed by atoms with E-state index in [4.69, 9.17) is 20.2 Å². The van der Waals surface area contributed by atoms with Crippen LogP contribution < -0.4 is 4.74 Å². The first-order valence-corrected chi connectivity index (χ1v) is 6.96. The maximum absolute atomic E-state index is 10.9. The molecule has 1 aromatic rings. The number of nitrogens with zero attached hydrogens (tertiary/aromatic N) is 1. The van der Waals surface area contributed by atoms with Crippen LogP contribution in [0.4, 0.5) is 0 Å². The van der Waals surface area contributed by atoms with Crippen molar-refractivity contribution in [3.05, 3.63) is 18.3 Å². The number of pyridine rings is 1. The van der Waals surface area contributed by atoms with E-state index in [2.05, 4.69) is 4.98 Å². The molecule has 0 aromatic carbocycles. The van der Waals surface area contributed by atoms with Gasteiger partial charge in [-0.05, 0) is 13.0 Å². The average molecular weight is 266 g/mol. The van der Waals surface area contributed by atoms with E-state index in [0.29, 0.717) is 25.7 Å². The molecule has 1 rings (SSSR count). The molecule has 0 radical (unpaired) electrons. The normalized spacial score (nSPS) is 11.4. The Morgan fingerprint density at radius 1 is 1.38 bits per heavy atom. The van der Waals surface area contributed by atoms with Gasteiger partial charge in [0.1, 0.15) is 11.5 Å². The molecular weight excluding hydrogens is 254 g/mol. The van der Waals surface area contributed by atoms with Gasteiger partial charge in [-0.15, -0.1) is 0 Å². The summed E-state index contributed by atoms with van der Waals surface area (Å²) in [6.07, 6.45) is 1.15. The Morgan fingerprint density at radius 3 is 2.62 bits per heavy atom. The van der Waals surface area contributed by atoms with Crippen molar-refractivity contribution in [1.29, 1.82) is 0 Å². The topological polar surface area (TPSA) is 65.5 Å². The van der Waals surface area contributed by atoms with E-state index in [1.165, 1.54) is 12.1 Å². The summed E-state index contributed by atoms with van der Waals surface area (Å²) in [7, 11) is 1.41. The molecule has 7 heteroatoms. The van der Waals surface area contributed by atoms with E-state index >= 15 is 0 Å². The van der Waals surface area contributed by atoms with E-state index in [1.807, 2.05) is 6.92 Å². The first-order valence-electron chi connectivity index (χ1n) is 4.65. The van der Waals surface area contributed by atoms with Gasteiger partial charge in [0.25, 0.3) is 9.05 Å². The minimum Gasteiger partial charge on any atom is -0.475 e. The van der Waals surface area contributed by atoms with Crippen LogP contribution in [-0.4, -0.2) is 33.2 Å². The van der Waals surface area contributed by atoms with Crippen molar-refractivity contribution in [1.82, 2.24) is 4.98 Å². The lowest BCUT2D eigenvalue weighted by Crippen LogP contribution is -2.07. The molecule has 0 aliphatic heterocycles. The van der Waals surface area contributed by atoms with Crippen LogP contribution in [0.1, 0.15) is 6.92 Å². The largest absolute Gasteiger partial charge is 0.475 e. The van der Waals surface area contributed by atoms with Crippen LogP contribution in [0, 0.1) is 0 Å². The first kappa shape index (κ1) is 13.2. The molecule has 90 valence electrons. The zero-order valence-corrected chi connectivity index (χ0v) is 10.3. The van der Waals surface area contributed by atoms with Gasteiger partial charge >= 0.3 is 0 Å². The van der Waals surface area contributed by atoms with Crippen LogP contribution in [-0.2, 0) is 13.8 Å². The molecule has 0 bridgehead atoms. The molecule has 0 atom stereocenters. The van der Waals surface area contributed by atoms with Crippen molar-refractivity contribution < 1.29 is 17.9 Å². The summed E-state index contributed by atoms with van der Waals surface area (Å²) < 4.78 is 32.1. The number of hydrogen-bond acceptors (Lipinski definition) is 5. The third-order valence-electron chi connectivity index (χ3n) is 1.67. The van der Waals surface area contributed by atoms with Crippen molar-refractivity contribution in [3.63, 3.8) is 0 Å². The number of rotatable bonds is 6. The molecule has 0 saturated heterocycles. The van der Waals surface area contributed by atoms with Crippen molar-refractivity contribution in [2.24, 2.45) is 0 Å². The number of hydrogen-bond donors (Lipinski definition) is 0. The van der Waals surface area contributed by atoms with Gasteiger partial charge in [0.05, 0.1) is 12.8 Å². The Morgan fingerprint density at radius 2 is 2.12 bits per heavy atom. The van der Waals surface area contributed by atoms with Crippen molar-refractivity contribution >= 4 is 19.7 Å². The highest BCUT2D eigenvalue weighted by Gasteiger charge is 2.09. The van der Waals surface area contributed by atoms with Gasteiger partial charge in [0, 0.05) is 23.4 Å². The fourth-order valence-corrected chi connectivity index (χ4v) is 1.63. The molecule has 1 aromatic heterocycles. The lowest BCUT2D eigenvalue weighted by molar-refractivity contribution is 0.108. The van der Waals surface area contributed by atoms with E-state index in [9.17, 15) is 8.42 Å².